The van der Waals surface area contributed by atoms with Gasteiger partial charge in [0.25, 0.3) is 0 Å². The van der Waals surface area contributed by atoms with E-state index in [2.05, 4.69) is 0 Å². The van der Waals surface area contributed by atoms with E-state index in [0.29, 0.717) is 0 Å². The second-order valence-corrected chi connectivity index (χ2v) is 7.22. The molecule has 0 aliphatic heterocycles. The second kappa shape index (κ2) is 5.93. The maximum Gasteiger partial charge on any atom is 0.502 e. The zero-order chi connectivity index (χ0) is 15.7. The quantitative estimate of drug-likeness (QED) is 0.835. The Morgan fingerprint density at radius 2 is 1.62 bits per heavy atom. The topological polar surface area (TPSA) is 49.7 Å². The van der Waals surface area contributed by atoms with Gasteiger partial charge in [-0.1, -0.05) is 36.4 Å². The van der Waals surface area contributed by atoms with E-state index in [1.807, 2.05) is 42.5 Å². The summed E-state index contributed by atoms with van der Waals surface area (Å²) in [7, 11) is -1.05. The molecule has 0 aliphatic rings. The Hall–Kier alpha value is -1.14. The molecular weight excluding hydrogens is 283 g/mol. The van der Waals surface area contributed by atoms with Crippen molar-refractivity contribution in [3.05, 3.63) is 42.5 Å². The van der Waals surface area contributed by atoms with Gasteiger partial charge in [-0.2, -0.15) is 0 Å². The van der Waals surface area contributed by atoms with E-state index in [1.165, 1.54) is 11.3 Å². The molecule has 5 heteroatoms. The van der Waals surface area contributed by atoms with E-state index in [1.54, 1.807) is 27.7 Å². The van der Waals surface area contributed by atoms with E-state index < -0.39 is 18.3 Å². The average Bonchev–Trinajstić information content (AvgIpc) is 2.87. The molecule has 0 aliphatic carbocycles. The molecule has 0 saturated heterocycles. The third-order valence-corrected chi connectivity index (χ3v) is 4.97. The van der Waals surface area contributed by atoms with Crippen molar-refractivity contribution >= 4 is 23.2 Å². The second-order valence-electron chi connectivity index (χ2n) is 6.11. The number of benzene rings is 1. The first kappa shape index (κ1) is 16.2. The summed E-state index contributed by atoms with van der Waals surface area (Å²) < 4.78 is 6.38. The molecule has 112 valence electrons. The number of hydrogen-bond donors (Lipinski definition) is 2. The molecule has 1 heterocycles. The zero-order valence-corrected chi connectivity index (χ0v) is 13.6. The summed E-state index contributed by atoms with van der Waals surface area (Å²) in [6.45, 7) is 6.87. The number of aliphatic hydroxyl groups is 1. The van der Waals surface area contributed by atoms with Gasteiger partial charge < -0.3 is 14.8 Å². The van der Waals surface area contributed by atoms with Gasteiger partial charge in [0.1, 0.15) is 0 Å². The molecule has 2 rings (SSSR count). The Morgan fingerprint density at radius 1 is 1.00 bits per heavy atom. The first-order valence-electron chi connectivity index (χ1n) is 6.94. The van der Waals surface area contributed by atoms with Crippen LogP contribution in [0.25, 0.3) is 10.4 Å². The van der Waals surface area contributed by atoms with Gasteiger partial charge in [-0.05, 0) is 39.3 Å². The van der Waals surface area contributed by atoms with Crippen molar-refractivity contribution in [1.82, 2.24) is 0 Å². The predicted molar refractivity (Wildman–Crippen MR) is 88.8 cm³/mol. The lowest BCUT2D eigenvalue weighted by molar-refractivity contribution is -0.0981. The third-order valence-electron chi connectivity index (χ3n) is 3.81. The van der Waals surface area contributed by atoms with Crippen LogP contribution in [-0.4, -0.2) is 28.5 Å². The maximum absolute atomic E-state index is 10.3. The minimum atomic E-state index is -1.05. The molecule has 2 aromatic rings. The van der Waals surface area contributed by atoms with Crippen LogP contribution in [0.3, 0.4) is 0 Å². The molecule has 21 heavy (non-hydrogen) atoms. The summed E-state index contributed by atoms with van der Waals surface area (Å²) in [6, 6.07) is 13.8. The molecule has 0 unspecified atom stereocenters. The highest BCUT2D eigenvalue weighted by Crippen LogP contribution is 2.27. The third kappa shape index (κ3) is 3.74. The van der Waals surface area contributed by atoms with Crippen molar-refractivity contribution in [1.29, 1.82) is 0 Å². The van der Waals surface area contributed by atoms with Gasteiger partial charge in [0.2, 0.25) is 0 Å². The van der Waals surface area contributed by atoms with Crippen LogP contribution < -0.4 is 4.78 Å². The van der Waals surface area contributed by atoms with Crippen molar-refractivity contribution in [2.45, 2.75) is 38.9 Å². The molecule has 0 radical (unpaired) electrons. The Balaban J connectivity index is 2.15. The van der Waals surface area contributed by atoms with Crippen molar-refractivity contribution in [3.63, 3.8) is 0 Å². The van der Waals surface area contributed by atoms with E-state index in [4.69, 9.17) is 4.65 Å². The minimum Gasteiger partial charge on any atom is -0.423 e. The van der Waals surface area contributed by atoms with E-state index >= 15 is 0 Å². The van der Waals surface area contributed by atoms with Crippen LogP contribution in [0.2, 0.25) is 0 Å². The lowest BCUT2D eigenvalue weighted by Crippen LogP contribution is -2.52. The molecule has 0 saturated carbocycles. The molecule has 2 N–H and O–H groups in total. The summed E-state index contributed by atoms with van der Waals surface area (Å²) in [6.07, 6.45) is 0. The highest BCUT2D eigenvalue weighted by molar-refractivity contribution is 7.25. The summed E-state index contributed by atoms with van der Waals surface area (Å²) in [4.78, 5) is 1.08. The zero-order valence-electron chi connectivity index (χ0n) is 12.8. The van der Waals surface area contributed by atoms with Gasteiger partial charge in [0, 0.05) is 9.65 Å². The van der Waals surface area contributed by atoms with Gasteiger partial charge in [0.05, 0.1) is 11.2 Å². The number of hydrogen-bond acceptors (Lipinski definition) is 4. The average molecular weight is 304 g/mol. The van der Waals surface area contributed by atoms with Crippen molar-refractivity contribution in [2.24, 2.45) is 0 Å². The maximum atomic E-state index is 10.3. The SMILES string of the molecule is CC(C)(O)C(C)(C)OB(O)c1ccc(-c2ccccc2)s1. The predicted octanol–water partition coefficient (Wildman–Crippen LogP) is 2.67. The molecule has 1 aromatic carbocycles. The summed E-state index contributed by atoms with van der Waals surface area (Å²) in [5.74, 6) is 0. The van der Waals surface area contributed by atoms with Crippen LogP contribution in [0.1, 0.15) is 27.7 Å². The van der Waals surface area contributed by atoms with Crippen LogP contribution in [0.15, 0.2) is 42.5 Å². The normalized spacial score (nSPS) is 12.5. The fourth-order valence-corrected chi connectivity index (χ4v) is 2.65. The Bertz CT molecular complexity index is 587. The summed E-state index contributed by atoms with van der Waals surface area (Å²) in [5.41, 5.74) is -0.792. The van der Waals surface area contributed by atoms with Gasteiger partial charge in [-0.15, -0.1) is 11.3 Å². The lowest BCUT2D eigenvalue weighted by atomic mass is 9.82. The van der Waals surface area contributed by atoms with Crippen molar-refractivity contribution in [3.8, 4) is 10.4 Å². The standard InChI is InChI=1S/C16H21BO3S/c1-15(2,18)16(3,4)20-17(19)14-11-10-13(21-14)12-8-6-5-7-9-12/h5-11,18-19H,1-4H3. The molecule has 1 aromatic heterocycles. The lowest BCUT2D eigenvalue weighted by Gasteiger charge is -2.38. The first-order chi connectivity index (χ1) is 9.71. The summed E-state index contributed by atoms with van der Waals surface area (Å²) in [5, 5.41) is 20.3. The van der Waals surface area contributed by atoms with E-state index in [0.717, 1.165) is 15.2 Å². The molecule has 0 atom stereocenters. The largest absolute Gasteiger partial charge is 0.502 e. The fourth-order valence-electron chi connectivity index (χ4n) is 1.72. The van der Waals surface area contributed by atoms with Gasteiger partial charge >= 0.3 is 7.12 Å². The van der Waals surface area contributed by atoms with Crippen LogP contribution in [0.5, 0.6) is 0 Å². The highest BCUT2D eigenvalue weighted by atomic mass is 32.1. The van der Waals surface area contributed by atoms with Crippen LogP contribution in [0.4, 0.5) is 0 Å². The number of thiophene rings is 1. The fraction of sp³-hybridized carbons (Fsp3) is 0.375. The van der Waals surface area contributed by atoms with Crippen molar-refractivity contribution in [2.75, 3.05) is 0 Å². The van der Waals surface area contributed by atoms with Gasteiger partial charge in [-0.25, -0.2) is 0 Å². The van der Waals surface area contributed by atoms with Crippen LogP contribution >= 0.6 is 11.3 Å². The highest BCUT2D eigenvalue weighted by Gasteiger charge is 2.39. The summed E-state index contributed by atoms with van der Waals surface area (Å²) >= 11 is 1.49. The van der Waals surface area contributed by atoms with Crippen LogP contribution in [0, 0.1) is 0 Å². The van der Waals surface area contributed by atoms with E-state index in [-0.39, 0.29) is 0 Å². The van der Waals surface area contributed by atoms with Crippen LogP contribution in [-0.2, 0) is 4.65 Å². The first-order valence-corrected chi connectivity index (χ1v) is 7.76. The van der Waals surface area contributed by atoms with Gasteiger partial charge in [-0.3, -0.25) is 0 Å². The molecular formula is C16H21BO3S. The minimum absolute atomic E-state index is 0.728. The van der Waals surface area contributed by atoms with Gasteiger partial charge in [0.15, 0.2) is 0 Å². The molecule has 0 spiro atoms. The molecule has 0 fully saturated rings. The molecule has 3 nitrogen and oxygen atoms in total. The Morgan fingerprint density at radius 3 is 2.19 bits per heavy atom. The van der Waals surface area contributed by atoms with E-state index in [9.17, 15) is 10.1 Å². The number of rotatable bonds is 5. The monoisotopic (exact) mass is 304 g/mol. The smallest absolute Gasteiger partial charge is 0.423 e. The Kier molecular flexibility index (Phi) is 4.59. The van der Waals surface area contributed by atoms with Crippen molar-refractivity contribution < 1.29 is 14.8 Å². The molecule has 0 amide bonds. The Labute approximate surface area is 130 Å². The molecule has 0 bridgehead atoms.